The van der Waals surface area contributed by atoms with E-state index < -0.39 is 6.04 Å². The van der Waals surface area contributed by atoms with Crippen molar-refractivity contribution in [2.24, 2.45) is 0 Å². The van der Waals surface area contributed by atoms with Crippen LogP contribution in [-0.2, 0) is 20.9 Å². The summed E-state index contributed by atoms with van der Waals surface area (Å²) in [5, 5.41) is 10.7. The normalized spacial score (nSPS) is 15.0. The van der Waals surface area contributed by atoms with Crippen molar-refractivity contribution in [2.45, 2.75) is 26.0 Å². The maximum Gasteiger partial charge on any atom is 0.251 e. The predicted octanol–water partition coefficient (Wildman–Crippen LogP) is 4.32. The van der Waals surface area contributed by atoms with Crippen LogP contribution in [0.15, 0.2) is 42.5 Å². The zero-order valence-corrected chi connectivity index (χ0v) is 17.7. The first-order valence-electron chi connectivity index (χ1n) is 9.61. The van der Waals surface area contributed by atoms with Gasteiger partial charge in [-0.1, -0.05) is 29.8 Å². The van der Waals surface area contributed by atoms with Crippen LogP contribution in [0, 0.1) is 12.7 Å². The maximum atomic E-state index is 13.4. The molecule has 7 nitrogen and oxygen atoms in total. The Bertz CT molecular complexity index is 1160. The number of methoxy groups -OCH3 is 1. The van der Waals surface area contributed by atoms with Gasteiger partial charge in [-0.15, -0.1) is 0 Å². The minimum Gasteiger partial charge on any atom is -0.378 e. The highest BCUT2D eigenvalue weighted by Crippen LogP contribution is 2.39. The number of carbonyl (C=O) groups is 2. The number of benzene rings is 2. The van der Waals surface area contributed by atoms with Crippen molar-refractivity contribution in [1.82, 2.24) is 9.78 Å². The third-order valence-electron chi connectivity index (χ3n) is 5.16. The molecule has 2 aromatic carbocycles. The molecule has 0 fully saturated rings. The lowest BCUT2D eigenvalue weighted by Crippen LogP contribution is -2.24. The lowest BCUT2D eigenvalue weighted by atomic mass is 10.1. The summed E-state index contributed by atoms with van der Waals surface area (Å²) < 4.78 is 20.1. The molecule has 2 heterocycles. The molecule has 3 aromatic rings. The molecule has 0 saturated carbocycles. The quantitative estimate of drug-likeness (QED) is 0.595. The van der Waals surface area contributed by atoms with Gasteiger partial charge in [-0.25, -0.2) is 9.07 Å². The van der Waals surface area contributed by atoms with Crippen LogP contribution in [0.25, 0.3) is 11.1 Å². The number of fused-ring (bicyclic) bond motifs is 1. The molecule has 1 aliphatic rings. The van der Waals surface area contributed by atoms with E-state index in [0.717, 1.165) is 5.56 Å². The van der Waals surface area contributed by atoms with Crippen LogP contribution in [0.5, 0.6) is 0 Å². The van der Waals surface area contributed by atoms with E-state index in [-0.39, 0.29) is 30.7 Å². The monoisotopic (exact) mass is 442 g/mol. The first kappa shape index (κ1) is 21.0. The average Bonchev–Trinajstić information content (AvgIpc) is 3.22. The minimum atomic E-state index is -0.820. The van der Waals surface area contributed by atoms with Crippen molar-refractivity contribution in [2.75, 3.05) is 17.7 Å². The lowest BCUT2D eigenvalue weighted by molar-refractivity contribution is -0.123. The van der Waals surface area contributed by atoms with E-state index in [1.165, 1.54) is 23.9 Å². The molecule has 0 bridgehead atoms. The highest BCUT2D eigenvalue weighted by Gasteiger charge is 2.37. The molecule has 0 aliphatic carbocycles. The van der Waals surface area contributed by atoms with Gasteiger partial charge in [0.25, 0.3) is 5.91 Å². The Morgan fingerprint density at radius 3 is 2.74 bits per heavy atom. The summed E-state index contributed by atoms with van der Waals surface area (Å²) in [6.45, 7) is 2.00. The molecule has 2 amide bonds. The number of nitrogens with zero attached hydrogens (tertiary/aromatic N) is 2. The second kappa shape index (κ2) is 8.49. The molecule has 1 atom stereocenters. The Morgan fingerprint density at radius 2 is 2.03 bits per heavy atom. The van der Waals surface area contributed by atoms with E-state index in [4.69, 9.17) is 16.3 Å². The first-order chi connectivity index (χ1) is 14.9. The van der Waals surface area contributed by atoms with Crippen LogP contribution in [0.1, 0.15) is 23.7 Å². The van der Waals surface area contributed by atoms with Gasteiger partial charge in [0.05, 0.1) is 18.7 Å². The van der Waals surface area contributed by atoms with Gasteiger partial charge < -0.3 is 15.4 Å². The van der Waals surface area contributed by atoms with Crippen LogP contribution in [0.2, 0.25) is 5.02 Å². The van der Waals surface area contributed by atoms with Crippen molar-refractivity contribution >= 4 is 34.9 Å². The van der Waals surface area contributed by atoms with Gasteiger partial charge in [0.15, 0.2) is 0 Å². The topological polar surface area (TPSA) is 85.2 Å². The highest BCUT2D eigenvalue weighted by molar-refractivity contribution is 6.31. The van der Waals surface area contributed by atoms with Crippen molar-refractivity contribution in [1.29, 1.82) is 0 Å². The Balaban J connectivity index is 1.63. The van der Waals surface area contributed by atoms with Gasteiger partial charge in [0.2, 0.25) is 5.91 Å². The largest absolute Gasteiger partial charge is 0.378 e. The van der Waals surface area contributed by atoms with Gasteiger partial charge in [0.1, 0.15) is 17.7 Å². The van der Waals surface area contributed by atoms with E-state index >= 15 is 0 Å². The molecule has 1 aromatic heterocycles. The molecule has 1 unspecified atom stereocenters. The molecule has 4 rings (SSSR count). The van der Waals surface area contributed by atoms with Gasteiger partial charge in [-0.3, -0.25) is 9.59 Å². The molecular formula is C22H20ClFN4O3. The fourth-order valence-electron chi connectivity index (χ4n) is 3.59. The lowest BCUT2D eigenvalue weighted by Gasteiger charge is -2.12. The van der Waals surface area contributed by atoms with Gasteiger partial charge in [-0.05, 0) is 42.3 Å². The standard InChI is InChI=1S/C22H20ClFN4O3/c1-12-15(23)4-3-5-16(12)25-19(29)10-18-22(30)26-21-20(13-6-8-14(24)9-7-13)17(11-31-2)27-28(18)21/h3-9,18H,10-11H2,1-2H3,(H,25,29)(H,26,30). The summed E-state index contributed by atoms with van der Waals surface area (Å²) in [5.74, 6) is -0.588. The van der Waals surface area contributed by atoms with Crippen LogP contribution >= 0.6 is 11.6 Å². The number of nitrogens with one attached hydrogen (secondary N) is 2. The first-order valence-corrected chi connectivity index (χ1v) is 9.99. The molecule has 1 aliphatic heterocycles. The highest BCUT2D eigenvalue weighted by atomic mass is 35.5. The number of rotatable bonds is 6. The van der Waals surface area contributed by atoms with Crippen molar-refractivity contribution in [3.05, 3.63) is 64.6 Å². The number of carbonyl (C=O) groups excluding carboxylic acids is 2. The third-order valence-corrected chi connectivity index (χ3v) is 5.57. The summed E-state index contributed by atoms with van der Waals surface area (Å²) in [6.07, 6.45) is -0.109. The molecule has 9 heteroatoms. The predicted molar refractivity (Wildman–Crippen MR) is 115 cm³/mol. The average molecular weight is 443 g/mol. The number of amides is 2. The fraction of sp³-hybridized carbons (Fsp3) is 0.227. The Hall–Kier alpha value is -3.23. The van der Waals surface area contributed by atoms with Crippen molar-refractivity contribution in [3.63, 3.8) is 0 Å². The molecule has 160 valence electrons. The van der Waals surface area contributed by atoms with Crippen molar-refractivity contribution < 1.29 is 18.7 Å². The zero-order chi connectivity index (χ0) is 22.1. The summed E-state index contributed by atoms with van der Waals surface area (Å²) in [6, 6.07) is 10.3. The van der Waals surface area contributed by atoms with E-state index in [1.807, 2.05) is 0 Å². The van der Waals surface area contributed by atoms with Gasteiger partial charge in [-0.2, -0.15) is 5.10 Å². The molecule has 0 saturated heterocycles. The minimum absolute atomic E-state index is 0.109. The fourth-order valence-corrected chi connectivity index (χ4v) is 3.77. The number of hydrogen-bond acceptors (Lipinski definition) is 4. The van der Waals surface area contributed by atoms with Gasteiger partial charge in [0, 0.05) is 23.4 Å². The van der Waals surface area contributed by atoms with E-state index in [2.05, 4.69) is 15.7 Å². The Kier molecular flexibility index (Phi) is 5.75. The van der Waals surface area contributed by atoms with Gasteiger partial charge >= 0.3 is 0 Å². The Morgan fingerprint density at radius 1 is 1.29 bits per heavy atom. The van der Waals surface area contributed by atoms with Crippen LogP contribution in [0.4, 0.5) is 15.9 Å². The third kappa shape index (κ3) is 4.04. The summed E-state index contributed by atoms with van der Waals surface area (Å²) in [7, 11) is 1.54. The summed E-state index contributed by atoms with van der Waals surface area (Å²) in [4.78, 5) is 25.3. The number of hydrogen-bond donors (Lipinski definition) is 2. The SMILES string of the molecule is COCc1nn2c(c1-c1ccc(F)cc1)NC(=O)C2CC(=O)Nc1cccc(Cl)c1C. The Labute approximate surface area is 183 Å². The second-order valence-electron chi connectivity index (χ2n) is 7.22. The molecule has 0 spiro atoms. The zero-order valence-electron chi connectivity index (χ0n) is 16.9. The number of anilines is 2. The summed E-state index contributed by atoms with van der Waals surface area (Å²) in [5.41, 5.74) is 3.25. The number of ether oxygens (including phenoxy) is 1. The second-order valence-corrected chi connectivity index (χ2v) is 7.63. The molecular weight excluding hydrogens is 423 g/mol. The van der Waals surface area contributed by atoms with E-state index in [9.17, 15) is 14.0 Å². The number of aromatic nitrogens is 2. The van der Waals surface area contributed by atoms with Crippen molar-refractivity contribution in [3.8, 4) is 11.1 Å². The van der Waals surface area contributed by atoms with Crippen LogP contribution in [0.3, 0.4) is 0 Å². The van der Waals surface area contributed by atoms with Crippen LogP contribution < -0.4 is 10.6 Å². The number of halogens is 2. The smallest absolute Gasteiger partial charge is 0.251 e. The molecule has 0 radical (unpaired) electrons. The molecule has 2 N–H and O–H groups in total. The van der Waals surface area contributed by atoms with E-state index in [0.29, 0.717) is 33.3 Å². The van der Waals surface area contributed by atoms with Crippen LogP contribution in [-0.4, -0.2) is 28.7 Å². The van der Waals surface area contributed by atoms with E-state index in [1.54, 1.807) is 37.3 Å². The molecule has 31 heavy (non-hydrogen) atoms. The maximum absolute atomic E-state index is 13.4. The summed E-state index contributed by atoms with van der Waals surface area (Å²) >= 11 is 6.11.